The second-order valence-electron chi connectivity index (χ2n) is 5.23. The second kappa shape index (κ2) is 6.42. The minimum atomic E-state index is -3.94. The van der Waals surface area contributed by atoms with Gasteiger partial charge in [-0.1, -0.05) is 30.3 Å². The quantitative estimate of drug-likeness (QED) is 0.529. The molecule has 0 fully saturated rings. The molecule has 0 amide bonds. The Morgan fingerprint density at radius 3 is 2.58 bits per heavy atom. The molecule has 8 heteroatoms. The van der Waals surface area contributed by atoms with E-state index in [1.54, 1.807) is 0 Å². The fourth-order valence-corrected chi connectivity index (χ4v) is 3.77. The Balaban J connectivity index is 1.76. The second-order valence-corrected chi connectivity index (χ2v) is 6.97. The van der Waals surface area contributed by atoms with Crippen LogP contribution in [0.15, 0.2) is 59.6 Å². The maximum atomic E-state index is 12.3. The lowest BCUT2D eigenvalue weighted by Gasteiger charge is -2.07. The van der Waals surface area contributed by atoms with Crippen molar-refractivity contribution in [1.29, 1.82) is 0 Å². The average molecular weight is 345 g/mol. The third-order valence-electron chi connectivity index (χ3n) is 3.71. The molecule has 0 saturated heterocycles. The van der Waals surface area contributed by atoms with Gasteiger partial charge in [-0.2, -0.15) is 0 Å². The molecule has 0 unspecified atom stereocenters. The number of nitrogens with zero attached hydrogens (tertiary/aromatic N) is 1. The molecular formula is C16H15N3O4S. The summed E-state index contributed by atoms with van der Waals surface area (Å²) in [6, 6.07) is 13.0. The fourth-order valence-electron chi connectivity index (χ4n) is 2.57. The Morgan fingerprint density at radius 1 is 1.08 bits per heavy atom. The lowest BCUT2D eigenvalue weighted by molar-refractivity contribution is -0.387. The smallest absolute Gasteiger partial charge is 0.289 e. The summed E-state index contributed by atoms with van der Waals surface area (Å²) in [5.41, 5.74) is 1.53. The van der Waals surface area contributed by atoms with Gasteiger partial charge in [-0.15, -0.1) is 0 Å². The van der Waals surface area contributed by atoms with Crippen LogP contribution in [0.3, 0.4) is 0 Å². The van der Waals surface area contributed by atoms with E-state index in [-0.39, 0.29) is 11.4 Å². The summed E-state index contributed by atoms with van der Waals surface area (Å²) in [6.07, 6.45) is 2.31. The van der Waals surface area contributed by atoms with Crippen molar-refractivity contribution in [2.24, 2.45) is 0 Å². The van der Waals surface area contributed by atoms with Gasteiger partial charge in [-0.05, 0) is 24.1 Å². The molecule has 3 rings (SSSR count). The molecule has 24 heavy (non-hydrogen) atoms. The maximum absolute atomic E-state index is 12.3. The van der Waals surface area contributed by atoms with E-state index in [1.807, 2.05) is 30.5 Å². The number of aromatic amines is 1. The number of benzene rings is 2. The highest BCUT2D eigenvalue weighted by atomic mass is 32.2. The van der Waals surface area contributed by atoms with E-state index in [9.17, 15) is 18.5 Å². The molecule has 1 heterocycles. The average Bonchev–Trinajstić information content (AvgIpc) is 2.98. The van der Waals surface area contributed by atoms with Gasteiger partial charge < -0.3 is 4.98 Å². The SMILES string of the molecule is O=[N+]([O-])c1ccccc1S(=O)(=O)NCCc1c[nH]c2ccccc12. The van der Waals surface area contributed by atoms with Crippen molar-refractivity contribution in [2.45, 2.75) is 11.3 Å². The molecule has 0 bridgehead atoms. The van der Waals surface area contributed by atoms with Crippen molar-refractivity contribution in [2.75, 3.05) is 6.54 Å². The molecule has 7 nitrogen and oxygen atoms in total. The van der Waals surface area contributed by atoms with Crippen molar-refractivity contribution < 1.29 is 13.3 Å². The maximum Gasteiger partial charge on any atom is 0.289 e. The van der Waals surface area contributed by atoms with Crippen LogP contribution < -0.4 is 4.72 Å². The molecule has 0 atom stereocenters. The predicted molar refractivity (Wildman–Crippen MR) is 90.3 cm³/mol. The number of nitro benzene ring substituents is 1. The fraction of sp³-hybridized carbons (Fsp3) is 0.125. The molecule has 0 aliphatic carbocycles. The Bertz CT molecular complexity index is 995. The van der Waals surface area contributed by atoms with Crippen LogP contribution in [0.5, 0.6) is 0 Å². The minimum Gasteiger partial charge on any atom is -0.361 e. The molecular weight excluding hydrogens is 330 g/mol. The molecule has 0 radical (unpaired) electrons. The van der Waals surface area contributed by atoms with Crippen molar-refractivity contribution in [1.82, 2.24) is 9.71 Å². The van der Waals surface area contributed by atoms with Crippen molar-refractivity contribution in [3.8, 4) is 0 Å². The first kappa shape index (κ1) is 16.2. The van der Waals surface area contributed by atoms with E-state index >= 15 is 0 Å². The van der Waals surface area contributed by atoms with E-state index in [0.717, 1.165) is 16.5 Å². The highest BCUT2D eigenvalue weighted by Crippen LogP contribution is 2.23. The number of sulfonamides is 1. The van der Waals surface area contributed by atoms with E-state index in [2.05, 4.69) is 9.71 Å². The van der Waals surface area contributed by atoms with Gasteiger partial charge in [-0.3, -0.25) is 10.1 Å². The van der Waals surface area contributed by atoms with Gasteiger partial charge in [0.2, 0.25) is 10.0 Å². The first-order chi connectivity index (χ1) is 11.5. The van der Waals surface area contributed by atoms with Gasteiger partial charge in [0.15, 0.2) is 4.90 Å². The van der Waals surface area contributed by atoms with Gasteiger partial charge in [0.05, 0.1) is 4.92 Å². The summed E-state index contributed by atoms with van der Waals surface area (Å²) in [5.74, 6) is 0. The van der Waals surface area contributed by atoms with Crippen LogP contribution in [0.25, 0.3) is 10.9 Å². The summed E-state index contributed by atoms with van der Waals surface area (Å²) in [5, 5.41) is 12.0. The lowest BCUT2D eigenvalue weighted by atomic mass is 10.1. The standard InChI is InChI=1S/C16H15N3O4S/c20-19(21)15-7-3-4-8-16(15)24(22,23)18-10-9-12-11-17-14-6-2-1-5-13(12)14/h1-8,11,17-18H,9-10H2. The van der Waals surface area contributed by atoms with Crippen LogP contribution in [-0.2, 0) is 16.4 Å². The van der Waals surface area contributed by atoms with Gasteiger partial charge in [0.25, 0.3) is 5.69 Å². The molecule has 0 aliphatic rings. The first-order valence-electron chi connectivity index (χ1n) is 7.27. The van der Waals surface area contributed by atoms with Crippen LogP contribution in [-0.4, -0.2) is 24.9 Å². The van der Waals surface area contributed by atoms with Gasteiger partial charge >= 0.3 is 0 Å². The summed E-state index contributed by atoms with van der Waals surface area (Å²) in [7, 11) is -3.94. The van der Waals surface area contributed by atoms with E-state index in [0.29, 0.717) is 6.42 Å². The normalized spacial score (nSPS) is 11.7. The van der Waals surface area contributed by atoms with Crippen molar-refractivity contribution in [3.63, 3.8) is 0 Å². The molecule has 2 aromatic carbocycles. The monoisotopic (exact) mass is 345 g/mol. The van der Waals surface area contributed by atoms with Crippen LogP contribution in [0.1, 0.15) is 5.56 Å². The zero-order valence-electron chi connectivity index (χ0n) is 12.6. The largest absolute Gasteiger partial charge is 0.361 e. The third-order valence-corrected chi connectivity index (χ3v) is 5.22. The Hall–Kier alpha value is -2.71. The zero-order valence-corrected chi connectivity index (χ0v) is 13.4. The summed E-state index contributed by atoms with van der Waals surface area (Å²) in [6.45, 7) is 0.149. The lowest BCUT2D eigenvalue weighted by Crippen LogP contribution is -2.26. The molecule has 3 aromatic rings. The molecule has 0 saturated carbocycles. The number of H-pyrrole nitrogens is 1. The van der Waals surface area contributed by atoms with Gasteiger partial charge in [0.1, 0.15) is 0 Å². The highest BCUT2D eigenvalue weighted by molar-refractivity contribution is 7.89. The number of rotatable bonds is 6. The molecule has 0 aliphatic heterocycles. The van der Waals surface area contributed by atoms with E-state index < -0.39 is 20.6 Å². The highest BCUT2D eigenvalue weighted by Gasteiger charge is 2.24. The number of fused-ring (bicyclic) bond motifs is 1. The van der Waals surface area contributed by atoms with Crippen molar-refractivity contribution in [3.05, 3.63) is 70.4 Å². The van der Waals surface area contributed by atoms with Gasteiger partial charge in [0, 0.05) is 29.7 Å². The van der Waals surface area contributed by atoms with E-state index in [4.69, 9.17) is 0 Å². The first-order valence-corrected chi connectivity index (χ1v) is 8.75. The zero-order chi connectivity index (χ0) is 17.2. The summed E-state index contributed by atoms with van der Waals surface area (Å²) >= 11 is 0. The molecule has 1 aromatic heterocycles. The molecule has 2 N–H and O–H groups in total. The topological polar surface area (TPSA) is 105 Å². The number of nitro groups is 1. The van der Waals surface area contributed by atoms with Crippen LogP contribution in [0, 0.1) is 10.1 Å². The number of hydrogen-bond acceptors (Lipinski definition) is 4. The van der Waals surface area contributed by atoms with Crippen molar-refractivity contribution >= 4 is 26.6 Å². The number of para-hydroxylation sites is 2. The Morgan fingerprint density at radius 2 is 1.79 bits per heavy atom. The number of nitrogens with one attached hydrogen (secondary N) is 2. The Kier molecular flexibility index (Phi) is 4.32. The van der Waals surface area contributed by atoms with E-state index in [1.165, 1.54) is 24.3 Å². The summed E-state index contributed by atoms with van der Waals surface area (Å²) in [4.78, 5) is 13.1. The third kappa shape index (κ3) is 3.15. The van der Waals surface area contributed by atoms with Crippen LogP contribution >= 0.6 is 0 Å². The number of aromatic nitrogens is 1. The predicted octanol–water partition coefficient (Wildman–Crippen LogP) is 2.60. The summed E-state index contributed by atoms with van der Waals surface area (Å²) < 4.78 is 27.1. The van der Waals surface area contributed by atoms with Gasteiger partial charge in [-0.25, -0.2) is 13.1 Å². The molecule has 0 spiro atoms. The minimum absolute atomic E-state index is 0.149. The molecule has 124 valence electrons. The van der Waals surface area contributed by atoms with Crippen LogP contribution in [0.2, 0.25) is 0 Å². The van der Waals surface area contributed by atoms with Crippen LogP contribution in [0.4, 0.5) is 5.69 Å². The number of hydrogen-bond donors (Lipinski definition) is 2. The Labute approximate surface area is 138 Å².